The zero-order chi connectivity index (χ0) is 17.9. The highest BCUT2D eigenvalue weighted by molar-refractivity contribution is 6.31. The van der Waals surface area contributed by atoms with Gasteiger partial charge in [-0.2, -0.15) is 0 Å². The Morgan fingerprint density at radius 2 is 1.77 bits per heavy atom. The molecule has 4 rings (SSSR count). The van der Waals surface area contributed by atoms with Gasteiger partial charge < -0.3 is 10.1 Å². The largest absolute Gasteiger partial charge is 0.424 e. The molecule has 1 aliphatic carbocycles. The Morgan fingerprint density at radius 1 is 1.04 bits per heavy atom. The van der Waals surface area contributed by atoms with Gasteiger partial charge in [0.15, 0.2) is 0 Å². The number of nitrogens with zero attached hydrogens (tertiary/aromatic N) is 2. The lowest BCUT2D eigenvalue weighted by Crippen LogP contribution is -2.14. The molecule has 2 unspecified atom stereocenters. The molecule has 2 atom stereocenters. The molecule has 1 aromatic heterocycles. The quantitative estimate of drug-likeness (QED) is 0.714. The molecule has 26 heavy (non-hydrogen) atoms. The molecule has 1 amide bonds. The first-order valence-corrected chi connectivity index (χ1v) is 8.69. The van der Waals surface area contributed by atoms with Crippen LogP contribution in [-0.2, 0) is 4.79 Å². The number of carbonyl (C=O) groups excluding carboxylic acids is 1. The van der Waals surface area contributed by atoms with Crippen molar-refractivity contribution in [3.8, 4) is 11.8 Å². The van der Waals surface area contributed by atoms with Crippen molar-refractivity contribution >= 4 is 23.2 Å². The lowest BCUT2D eigenvalue weighted by Gasteiger charge is -2.07. The third kappa shape index (κ3) is 3.68. The van der Waals surface area contributed by atoms with Crippen LogP contribution in [0.15, 0.2) is 67.0 Å². The molecule has 0 saturated heterocycles. The number of amides is 1. The SMILES string of the molecule is O=C(Nc1ccc(Oc2ncccn2)cc1)C1CC1c1ccccc1Cl. The summed E-state index contributed by atoms with van der Waals surface area (Å²) in [6, 6.07) is 16.8. The topological polar surface area (TPSA) is 64.1 Å². The summed E-state index contributed by atoms with van der Waals surface area (Å²) in [7, 11) is 0. The van der Waals surface area contributed by atoms with Crippen LogP contribution < -0.4 is 10.1 Å². The van der Waals surface area contributed by atoms with Crippen LogP contribution in [0.1, 0.15) is 17.9 Å². The van der Waals surface area contributed by atoms with Gasteiger partial charge in [0, 0.05) is 29.0 Å². The van der Waals surface area contributed by atoms with E-state index in [4.69, 9.17) is 16.3 Å². The van der Waals surface area contributed by atoms with Crippen molar-refractivity contribution < 1.29 is 9.53 Å². The molecule has 6 heteroatoms. The Bertz CT molecular complexity index is 916. The third-order valence-electron chi connectivity index (χ3n) is 4.30. The van der Waals surface area contributed by atoms with Gasteiger partial charge >= 0.3 is 6.01 Å². The van der Waals surface area contributed by atoms with Gasteiger partial charge in [0.2, 0.25) is 5.91 Å². The summed E-state index contributed by atoms with van der Waals surface area (Å²) in [5, 5.41) is 3.67. The zero-order valence-electron chi connectivity index (χ0n) is 13.8. The maximum atomic E-state index is 12.4. The van der Waals surface area contributed by atoms with E-state index in [9.17, 15) is 4.79 Å². The van der Waals surface area contributed by atoms with Crippen LogP contribution in [0.3, 0.4) is 0 Å². The number of hydrogen-bond acceptors (Lipinski definition) is 4. The van der Waals surface area contributed by atoms with E-state index < -0.39 is 0 Å². The van der Waals surface area contributed by atoms with E-state index in [-0.39, 0.29) is 23.8 Å². The van der Waals surface area contributed by atoms with Gasteiger partial charge in [-0.15, -0.1) is 0 Å². The standard InChI is InChI=1S/C20H16ClN3O2/c21-18-5-2-1-4-15(18)16-12-17(16)19(25)24-13-6-8-14(9-7-13)26-20-22-10-3-11-23-20/h1-11,16-17H,12H2,(H,24,25). The number of anilines is 1. The molecule has 0 radical (unpaired) electrons. The summed E-state index contributed by atoms with van der Waals surface area (Å²) >= 11 is 6.22. The molecule has 130 valence electrons. The van der Waals surface area contributed by atoms with E-state index >= 15 is 0 Å². The van der Waals surface area contributed by atoms with E-state index in [1.54, 1.807) is 42.7 Å². The Morgan fingerprint density at radius 3 is 2.50 bits per heavy atom. The number of halogens is 1. The molecular formula is C20H16ClN3O2. The molecule has 5 nitrogen and oxygen atoms in total. The van der Waals surface area contributed by atoms with Gasteiger partial charge in [-0.05, 0) is 54.3 Å². The lowest BCUT2D eigenvalue weighted by molar-refractivity contribution is -0.117. The summed E-state index contributed by atoms with van der Waals surface area (Å²) < 4.78 is 5.54. The zero-order valence-corrected chi connectivity index (χ0v) is 14.6. The first-order valence-electron chi connectivity index (χ1n) is 8.31. The van der Waals surface area contributed by atoms with Crippen LogP contribution in [0.2, 0.25) is 5.02 Å². The maximum Gasteiger partial charge on any atom is 0.321 e. The number of hydrogen-bond donors (Lipinski definition) is 1. The van der Waals surface area contributed by atoms with Crippen LogP contribution in [-0.4, -0.2) is 15.9 Å². The van der Waals surface area contributed by atoms with Crippen molar-refractivity contribution in [3.05, 3.63) is 77.6 Å². The van der Waals surface area contributed by atoms with Crippen LogP contribution >= 0.6 is 11.6 Å². The average Bonchev–Trinajstić information content (AvgIpc) is 3.45. The van der Waals surface area contributed by atoms with Crippen LogP contribution in [0, 0.1) is 5.92 Å². The fourth-order valence-electron chi connectivity index (χ4n) is 2.89. The molecule has 0 aliphatic heterocycles. The van der Waals surface area contributed by atoms with Crippen molar-refractivity contribution in [1.82, 2.24) is 9.97 Å². The number of rotatable bonds is 5. The fraction of sp³-hybridized carbons (Fsp3) is 0.150. The van der Waals surface area contributed by atoms with Crippen molar-refractivity contribution in [3.63, 3.8) is 0 Å². The highest BCUT2D eigenvalue weighted by Crippen LogP contribution is 2.50. The van der Waals surface area contributed by atoms with E-state index in [0.29, 0.717) is 5.75 Å². The molecule has 1 heterocycles. The predicted molar refractivity (Wildman–Crippen MR) is 99.5 cm³/mol. The number of nitrogens with one attached hydrogen (secondary N) is 1. The van der Waals surface area contributed by atoms with Gasteiger partial charge in [0.05, 0.1) is 0 Å². The monoisotopic (exact) mass is 365 g/mol. The van der Waals surface area contributed by atoms with E-state index in [0.717, 1.165) is 22.7 Å². The Balaban J connectivity index is 1.36. The molecule has 3 aromatic rings. The van der Waals surface area contributed by atoms with Gasteiger partial charge in [0.25, 0.3) is 0 Å². The summed E-state index contributed by atoms with van der Waals surface area (Å²) in [5.41, 5.74) is 1.77. The summed E-state index contributed by atoms with van der Waals surface area (Å²) in [4.78, 5) is 20.5. The maximum absolute atomic E-state index is 12.4. The first kappa shape index (κ1) is 16.5. The van der Waals surface area contributed by atoms with Crippen LogP contribution in [0.25, 0.3) is 0 Å². The van der Waals surface area contributed by atoms with Gasteiger partial charge in [-0.25, -0.2) is 9.97 Å². The second-order valence-corrected chi connectivity index (χ2v) is 6.52. The minimum absolute atomic E-state index is 0.00924. The Kier molecular flexibility index (Phi) is 4.54. The van der Waals surface area contributed by atoms with Crippen molar-refractivity contribution in [1.29, 1.82) is 0 Å². The molecule has 2 aromatic carbocycles. The molecule has 1 fully saturated rings. The highest BCUT2D eigenvalue weighted by Gasteiger charge is 2.44. The summed E-state index contributed by atoms with van der Waals surface area (Å²) in [6.45, 7) is 0. The molecule has 0 spiro atoms. The molecular weight excluding hydrogens is 350 g/mol. The molecule has 0 bridgehead atoms. The van der Waals surface area contributed by atoms with Crippen LogP contribution in [0.5, 0.6) is 11.8 Å². The van der Waals surface area contributed by atoms with E-state index in [1.807, 2.05) is 24.3 Å². The number of carbonyl (C=O) groups is 1. The number of ether oxygens (including phenoxy) is 1. The van der Waals surface area contributed by atoms with Crippen molar-refractivity contribution in [2.24, 2.45) is 5.92 Å². The van der Waals surface area contributed by atoms with E-state index in [1.165, 1.54) is 0 Å². The number of aromatic nitrogens is 2. The smallest absolute Gasteiger partial charge is 0.321 e. The van der Waals surface area contributed by atoms with Crippen molar-refractivity contribution in [2.75, 3.05) is 5.32 Å². The highest BCUT2D eigenvalue weighted by atomic mass is 35.5. The fourth-order valence-corrected chi connectivity index (χ4v) is 3.16. The molecule has 1 N–H and O–H groups in total. The molecule has 1 saturated carbocycles. The normalized spacial score (nSPS) is 18.2. The lowest BCUT2D eigenvalue weighted by atomic mass is 10.1. The van der Waals surface area contributed by atoms with Gasteiger partial charge in [0.1, 0.15) is 5.75 Å². The van der Waals surface area contributed by atoms with Gasteiger partial charge in [-0.1, -0.05) is 29.8 Å². The van der Waals surface area contributed by atoms with E-state index in [2.05, 4.69) is 15.3 Å². The molecule has 1 aliphatic rings. The minimum Gasteiger partial charge on any atom is -0.424 e. The first-order chi connectivity index (χ1) is 12.7. The summed E-state index contributed by atoms with van der Waals surface area (Å²) in [6.07, 6.45) is 4.05. The van der Waals surface area contributed by atoms with Gasteiger partial charge in [-0.3, -0.25) is 4.79 Å². The Labute approximate surface area is 156 Å². The van der Waals surface area contributed by atoms with Crippen molar-refractivity contribution in [2.45, 2.75) is 12.3 Å². The van der Waals surface area contributed by atoms with Crippen LogP contribution in [0.4, 0.5) is 5.69 Å². The predicted octanol–water partition coefficient (Wildman–Crippen LogP) is 4.66. The minimum atomic E-state index is -0.0384. The third-order valence-corrected chi connectivity index (χ3v) is 4.65. The summed E-state index contributed by atoms with van der Waals surface area (Å²) in [5.74, 6) is 0.773. The Hall–Kier alpha value is -2.92. The average molecular weight is 366 g/mol. The number of benzene rings is 2. The second-order valence-electron chi connectivity index (χ2n) is 6.12. The second kappa shape index (κ2) is 7.14.